The Morgan fingerprint density at radius 2 is 1.76 bits per heavy atom. The van der Waals surface area contributed by atoms with Crippen LogP contribution in [0.2, 0.25) is 0 Å². The highest BCUT2D eigenvalue weighted by Gasteiger charge is 2.07. The average molecular weight is 285 g/mol. The van der Waals surface area contributed by atoms with Crippen molar-refractivity contribution in [2.24, 2.45) is 0 Å². The first kappa shape index (κ1) is 15.4. The number of rotatable bonds is 6. The summed E-state index contributed by atoms with van der Waals surface area (Å²) in [5, 5.41) is 12.8. The van der Waals surface area contributed by atoms with Crippen molar-refractivity contribution < 1.29 is 9.84 Å². The number of hydrogen-bond donors (Lipinski definition) is 2. The number of aryl methyl sites for hydroxylation is 2. The predicted octanol–water partition coefficient (Wildman–Crippen LogP) is 3.70. The van der Waals surface area contributed by atoms with E-state index in [1.165, 1.54) is 5.56 Å². The number of phenols is 1. The van der Waals surface area contributed by atoms with Gasteiger partial charge in [-0.3, -0.25) is 0 Å². The van der Waals surface area contributed by atoms with Gasteiger partial charge in [0.1, 0.15) is 18.1 Å². The molecule has 0 aliphatic carbocycles. The molecule has 0 fully saturated rings. The van der Waals surface area contributed by atoms with Crippen LogP contribution in [0.4, 0.5) is 0 Å². The summed E-state index contributed by atoms with van der Waals surface area (Å²) in [6.45, 7) is 8.55. The van der Waals surface area contributed by atoms with Gasteiger partial charge >= 0.3 is 0 Å². The van der Waals surface area contributed by atoms with Gasteiger partial charge in [-0.1, -0.05) is 31.2 Å². The zero-order valence-corrected chi connectivity index (χ0v) is 12.9. The zero-order valence-electron chi connectivity index (χ0n) is 12.9. The summed E-state index contributed by atoms with van der Waals surface area (Å²) in [5.41, 5.74) is 4.52. The number of nitrogens with one attached hydrogen (secondary N) is 1. The largest absolute Gasteiger partial charge is 0.508 e. The number of phenolic OH excluding ortho intramolecular Hbond substituents is 1. The molecule has 0 saturated carbocycles. The Morgan fingerprint density at radius 1 is 1.05 bits per heavy atom. The van der Waals surface area contributed by atoms with Gasteiger partial charge in [-0.15, -0.1) is 0 Å². The monoisotopic (exact) mass is 285 g/mol. The van der Waals surface area contributed by atoms with E-state index in [4.69, 9.17) is 4.74 Å². The van der Waals surface area contributed by atoms with E-state index in [2.05, 4.69) is 38.2 Å². The van der Waals surface area contributed by atoms with Gasteiger partial charge in [0, 0.05) is 6.54 Å². The molecule has 2 rings (SSSR count). The number of hydrogen-bond acceptors (Lipinski definition) is 3. The minimum absolute atomic E-state index is 0.269. The lowest BCUT2D eigenvalue weighted by atomic mass is 10.1. The summed E-state index contributed by atoms with van der Waals surface area (Å²) >= 11 is 0. The second kappa shape index (κ2) is 7.14. The molecule has 0 spiro atoms. The first-order valence-corrected chi connectivity index (χ1v) is 7.31. The van der Waals surface area contributed by atoms with Crippen LogP contribution in [-0.2, 0) is 13.2 Å². The lowest BCUT2D eigenvalue weighted by molar-refractivity contribution is 0.301. The summed E-state index contributed by atoms with van der Waals surface area (Å²) in [4.78, 5) is 0. The topological polar surface area (TPSA) is 41.5 Å². The fraction of sp³-hybridized carbons (Fsp3) is 0.333. The van der Waals surface area contributed by atoms with Crippen molar-refractivity contribution in [2.45, 2.75) is 33.9 Å². The quantitative estimate of drug-likeness (QED) is 0.850. The molecule has 0 radical (unpaired) electrons. The Bertz CT molecular complexity index is 585. The van der Waals surface area contributed by atoms with E-state index in [1.54, 1.807) is 12.1 Å². The van der Waals surface area contributed by atoms with Crippen LogP contribution in [0.5, 0.6) is 11.5 Å². The molecule has 0 bridgehead atoms. The van der Waals surface area contributed by atoms with E-state index in [-0.39, 0.29) is 5.75 Å². The Hall–Kier alpha value is -2.00. The molecule has 2 aromatic rings. The number of benzene rings is 2. The average Bonchev–Trinajstić information content (AvgIpc) is 2.44. The van der Waals surface area contributed by atoms with Gasteiger partial charge in [0.25, 0.3) is 0 Å². The van der Waals surface area contributed by atoms with Gasteiger partial charge < -0.3 is 15.2 Å². The Balaban J connectivity index is 2.09. The molecular formula is C18H23NO2. The summed E-state index contributed by atoms with van der Waals surface area (Å²) in [6.07, 6.45) is 0. The van der Waals surface area contributed by atoms with Crippen molar-refractivity contribution in [2.75, 3.05) is 6.54 Å². The van der Waals surface area contributed by atoms with Crippen LogP contribution in [0.1, 0.15) is 29.2 Å². The standard InChI is InChI=1S/C18H23NO2/c1-4-19-11-16-8-13(2)18(14(3)9-16)21-12-15-6-5-7-17(20)10-15/h5-10,19-20H,4,11-12H2,1-3H3. The van der Waals surface area contributed by atoms with Gasteiger partial charge in [0.15, 0.2) is 0 Å². The van der Waals surface area contributed by atoms with Crippen molar-refractivity contribution in [3.8, 4) is 11.5 Å². The van der Waals surface area contributed by atoms with E-state index < -0.39 is 0 Å². The smallest absolute Gasteiger partial charge is 0.125 e. The summed E-state index contributed by atoms with van der Waals surface area (Å²) in [7, 11) is 0. The van der Waals surface area contributed by atoms with Gasteiger partial charge in [-0.05, 0) is 54.8 Å². The maximum absolute atomic E-state index is 9.48. The van der Waals surface area contributed by atoms with E-state index in [1.807, 2.05) is 12.1 Å². The molecule has 0 atom stereocenters. The summed E-state index contributed by atoms with van der Waals surface area (Å²) in [6, 6.07) is 11.5. The summed E-state index contributed by atoms with van der Waals surface area (Å²) < 4.78 is 5.94. The third kappa shape index (κ3) is 4.23. The van der Waals surface area contributed by atoms with E-state index in [0.29, 0.717) is 6.61 Å². The molecule has 0 aliphatic rings. The highest BCUT2D eigenvalue weighted by atomic mass is 16.5. The molecule has 0 heterocycles. The minimum atomic E-state index is 0.269. The zero-order chi connectivity index (χ0) is 15.2. The fourth-order valence-corrected chi connectivity index (χ4v) is 2.44. The molecule has 0 amide bonds. The van der Waals surface area contributed by atoms with Crippen molar-refractivity contribution >= 4 is 0 Å². The van der Waals surface area contributed by atoms with Crippen LogP contribution in [0, 0.1) is 13.8 Å². The first-order chi connectivity index (χ1) is 10.1. The lowest BCUT2D eigenvalue weighted by Gasteiger charge is -2.14. The van der Waals surface area contributed by atoms with Crippen LogP contribution in [0.25, 0.3) is 0 Å². The maximum Gasteiger partial charge on any atom is 0.125 e. The predicted molar refractivity (Wildman–Crippen MR) is 85.7 cm³/mol. The molecular weight excluding hydrogens is 262 g/mol. The van der Waals surface area contributed by atoms with Crippen LogP contribution in [0.15, 0.2) is 36.4 Å². The molecule has 2 N–H and O–H groups in total. The number of aromatic hydroxyl groups is 1. The SMILES string of the molecule is CCNCc1cc(C)c(OCc2cccc(O)c2)c(C)c1. The molecule has 0 aliphatic heterocycles. The molecule has 0 saturated heterocycles. The van der Waals surface area contributed by atoms with Crippen LogP contribution < -0.4 is 10.1 Å². The van der Waals surface area contributed by atoms with Gasteiger partial charge in [-0.2, -0.15) is 0 Å². The second-order valence-corrected chi connectivity index (χ2v) is 5.30. The van der Waals surface area contributed by atoms with Crippen molar-refractivity contribution in [3.05, 3.63) is 58.7 Å². The number of ether oxygens (including phenoxy) is 1. The van der Waals surface area contributed by atoms with E-state index in [9.17, 15) is 5.11 Å². The normalized spacial score (nSPS) is 10.6. The molecule has 3 nitrogen and oxygen atoms in total. The molecule has 112 valence electrons. The van der Waals surface area contributed by atoms with Gasteiger partial charge in [-0.25, -0.2) is 0 Å². The van der Waals surface area contributed by atoms with Crippen molar-refractivity contribution in [1.29, 1.82) is 0 Å². The van der Waals surface area contributed by atoms with Crippen LogP contribution in [-0.4, -0.2) is 11.7 Å². The van der Waals surface area contributed by atoms with Gasteiger partial charge in [0.05, 0.1) is 0 Å². The van der Waals surface area contributed by atoms with E-state index >= 15 is 0 Å². The first-order valence-electron chi connectivity index (χ1n) is 7.31. The molecule has 21 heavy (non-hydrogen) atoms. The second-order valence-electron chi connectivity index (χ2n) is 5.30. The Kier molecular flexibility index (Phi) is 5.23. The Labute approximate surface area is 126 Å². The van der Waals surface area contributed by atoms with E-state index in [0.717, 1.165) is 35.5 Å². The highest BCUT2D eigenvalue weighted by molar-refractivity contribution is 5.43. The maximum atomic E-state index is 9.48. The molecule has 2 aromatic carbocycles. The molecule has 0 aromatic heterocycles. The van der Waals surface area contributed by atoms with Gasteiger partial charge in [0.2, 0.25) is 0 Å². The summed E-state index contributed by atoms with van der Waals surface area (Å²) in [5.74, 6) is 1.20. The molecule has 3 heteroatoms. The van der Waals surface area contributed by atoms with Crippen molar-refractivity contribution in [3.63, 3.8) is 0 Å². The third-order valence-electron chi connectivity index (χ3n) is 3.39. The van der Waals surface area contributed by atoms with Crippen LogP contribution >= 0.6 is 0 Å². The fourth-order valence-electron chi connectivity index (χ4n) is 2.44. The van der Waals surface area contributed by atoms with Crippen molar-refractivity contribution in [1.82, 2.24) is 5.32 Å². The third-order valence-corrected chi connectivity index (χ3v) is 3.39. The van der Waals surface area contributed by atoms with Crippen LogP contribution in [0.3, 0.4) is 0 Å². The minimum Gasteiger partial charge on any atom is -0.508 e. The Morgan fingerprint density at radius 3 is 2.38 bits per heavy atom. The highest BCUT2D eigenvalue weighted by Crippen LogP contribution is 2.26. The molecule has 0 unspecified atom stereocenters. The lowest BCUT2D eigenvalue weighted by Crippen LogP contribution is -2.12.